The third kappa shape index (κ3) is 4.20. The van der Waals surface area contributed by atoms with E-state index >= 15 is 0 Å². The third-order valence-electron chi connectivity index (χ3n) is 3.46. The summed E-state index contributed by atoms with van der Waals surface area (Å²) in [5, 5.41) is 9.80. The van der Waals surface area contributed by atoms with Gasteiger partial charge in [-0.25, -0.2) is 4.79 Å². The van der Waals surface area contributed by atoms with Crippen LogP contribution in [0.3, 0.4) is 0 Å². The van der Waals surface area contributed by atoms with Crippen LogP contribution in [0.2, 0.25) is 0 Å². The molecule has 7 nitrogen and oxygen atoms in total. The van der Waals surface area contributed by atoms with E-state index in [1.807, 2.05) is 0 Å². The number of benzene rings is 2. The number of hydrogen-bond acceptors (Lipinski definition) is 7. The van der Waals surface area contributed by atoms with Crippen molar-refractivity contribution in [3.63, 3.8) is 0 Å². The fraction of sp³-hybridized carbons (Fsp3) is 0.222. The number of carbonyl (C=O) groups is 2. The zero-order chi connectivity index (χ0) is 18.4. The number of hydrogen-bond donors (Lipinski definition) is 1. The molecule has 0 saturated heterocycles. The average molecular weight is 346 g/mol. The lowest BCUT2D eigenvalue weighted by Crippen LogP contribution is -2.14. The first-order valence-corrected chi connectivity index (χ1v) is 7.29. The molecule has 2 rings (SSSR count). The van der Waals surface area contributed by atoms with Crippen molar-refractivity contribution in [2.45, 2.75) is 0 Å². The van der Waals surface area contributed by atoms with Gasteiger partial charge in [0.05, 0.1) is 21.3 Å². The van der Waals surface area contributed by atoms with Crippen molar-refractivity contribution in [2.75, 3.05) is 27.9 Å². The van der Waals surface area contributed by atoms with Gasteiger partial charge in [-0.2, -0.15) is 0 Å². The van der Waals surface area contributed by atoms with Gasteiger partial charge in [0.15, 0.2) is 23.9 Å². The molecular formula is C18H18O7. The summed E-state index contributed by atoms with van der Waals surface area (Å²) in [6.07, 6.45) is 0. The number of carbonyl (C=O) groups excluding carboxylic acids is 2. The van der Waals surface area contributed by atoms with Crippen LogP contribution in [-0.4, -0.2) is 44.8 Å². The lowest BCUT2D eigenvalue weighted by molar-refractivity contribution is 0.0471. The smallest absolute Gasteiger partial charge is 0.342 e. The Kier molecular flexibility index (Phi) is 5.84. The molecule has 0 bridgehead atoms. The lowest BCUT2D eigenvalue weighted by atomic mass is 10.1. The maximum Gasteiger partial charge on any atom is 0.342 e. The maximum atomic E-state index is 12.2. The molecule has 0 spiro atoms. The first kappa shape index (κ1) is 18.1. The first-order valence-electron chi connectivity index (χ1n) is 7.29. The van der Waals surface area contributed by atoms with Crippen molar-refractivity contribution in [1.82, 2.24) is 0 Å². The Morgan fingerprint density at radius 3 is 2.24 bits per heavy atom. The summed E-state index contributed by atoms with van der Waals surface area (Å²) >= 11 is 0. The van der Waals surface area contributed by atoms with Crippen LogP contribution < -0.4 is 14.2 Å². The van der Waals surface area contributed by atoms with Gasteiger partial charge in [0.1, 0.15) is 17.1 Å². The molecule has 0 aromatic heterocycles. The maximum absolute atomic E-state index is 12.2. The number of phenols is 1. The predicted octanol–water partition coefficient (Wildman–Crippen LogP) is 2.46. The molecule has 0 heterocycles. The third-order valence-corrected chi connectivity index (χ3v) is 3.46. The number of ether oxygens (including phenoxy) is 4. The molecule has 25 heavy (non-hydrogen) atoms. The lowest BCUT2D eigenvalue weighted by Gasteiger charge is -2.10. The van der Waals surface area contributed by atoms with Gasteiger partial charge in [0, 0.05) is 11.6 Å². The molecule has 0 fully saturated rings. The van der Waals surface area contributed by atoms with Crippen LogP contribution in [0.25, 0.3) is 0 Å². The molecule has 7 heteroatoms. The monoisotopic (exact) mass is 346 g/mol. The van der Waals surface area contributed by atoms with Gasteiger partial charge in [-0.3, -0.25) is 4.79 Å². The second-order valence-corrected chi connectivity index (χ2v) is 4.95. The molecule has 0 aliphatic rings. The van der Waals surface area contributed by atoms with Gasteiger partial charge in [-0.05, 0) is 30.3 Å². The van der Waals surface area contributed by atoms with Gasteiger partial charge < -0.3 is 24.1 Å². The zero-order valence-electron chi connectivity index (χ0n) is 14.1. The second-order valence-electron chi connectivity index (χ2n) is 4.95. The van der Waals surface area contributed by atoms with Crippen LogP contribution in [0, 0.1) is 0 Å². The first-order chi connectivity index (χ1) is 12.0. The number of methoxy groups -OCH3 is 3. The van der Waals surface area contributed by atoms with E-state index in [-0.39, 0.29) is 11.3 Å². The quantitative estimate of drug-likeness (QED) is 0.608. The van der Waals surface area contributed by atoms with Gasteiger partial charge in [-0.1, -0.05) is 0 Å². The van der Waals surface area contributed by atoms with Crippen LogP contribution in [0.15, 0.2) is 36.4 Å². The summed E-state index contributed by atoms with van der Waals surface area (Å²) in [6.45, 7) is -0.472. The molecule has 0 unspecified atom stereocenters. The minimum absolute atomic E-state index is 0.0547. The van der Waals surface area contributed by atoms with E-state index in [1.54, 1.807) is 12.1 Å². The number of phenolic OH excluding ortho intramolecular Hbond substituents is 1. The number of aromatic hydroxyl groups is 1. The zero-order valence-corrected chi connectivity index (χ0v) is 14.1. The second kappa shape index (κ2) is 8.05. The number of rotatable bonds is 7. The Bertz CT molecular complexity index is 783. The van der Waals surface area contributed by atoms with Crippen molar-refractivity contribution in [3.8, 4) is 23.0 Å². The molecule has 132 valence electrons. The predicted molar refractivity (Wildman–Crippen MR) is 88.8 cm³/mol. The molecule has 0 atom stereocenters. The van der Waals surface area contributed by atoms with E-state index in [0.29, 0.717) is 22.8 Å². The molecule has 0 amide bonds. The van der Waals surface area contributed by atoms with Gasteiger partial charge >= 0.3 is 5.97 Å². The van der Waals surface area contributed by atoms with E-state index in [1.165, 1.54) is 45.6 Å². The Hall–Kier alpha value is -3.22. The van der Waals surface area contributed by atoms with E-state index < -0.39 is 18.4 Å². The van der Waals surface area contributed by atoms with Crippen molar-refractivity contribution < 1.29 is 33.6 Å². The Morgan fingerprint density at radius 1 is 0.920 bits per heavy atom. The summed E-state index contributed by atoms with van der Waals surface area (Å²) in [5.74, 6) is -0.235. The molecule has 0 saturated carbocycles. The SMILES string of the molecule is COc1ccc(C(=O)OCC(=O)c2ccc(OC)c(OC)c2)c(O)c1. The van der Waals surface area contributed by atoms with Crippen LogP contribution in [0.5, 0.6) is 23.0 Å². The number of Topliss-reactive ketones (excluding diaryl/α,β-unsaturated/α-hetero) is 1. The van der Waals surface area contributed by atoms with Crippen molar-refractivity contribution >= 4 is 11.8 Å². The largest absolute Gasteiger partial charge is 0.507 e. The minimum Gasteiger partial charge on any atom is -0.507 e. The molecule has 1 N–H and O–H groups in total. The van der Waals surface area contributed by atoms with Gasteiger partial charge in [-0.15, -0.1) is 0 Å². The molecule has 0 aliphatic heterocycles. The summed E-state index contributed by atoms with van der Waals surface area (Å²) in [5.41, 5.74) is 0.255. The number of esters is 1. The molecule has 2 aromatic carbocycles. The van der Waals surface area contributed by atoms with Crippen LogP contribution in [0.4, 0.5) is 0 Å². The molecule has 2 aromatic rings. The highest BCUT2D eigenvalue weighted by Crippen LogP contribution is 2.28. The minimum atomic E-state index is -0.811. The highest BCUT2D eigenvalue weighted by atomic mass is 16.5. The van der Waals surface area contributed by atoms with Gasteiger partial charge in [0.2, 0.25) is 0 Å². The van der Waals surface area contributed by atoms with Crippen LogP contribution in [-0.2, 0) is 4.74 Å². The average Bonchev–Trinajstić information content (AvgIpc) is 2.64. The highest BCUT2D eigenvalue weighted by Gasteiger charge is 2.17. The Morgan fingerprint density at radius 2 is 1.64 bits per heavy atom. The fourth-order valence-electron chi connectivity index (χ4n) is 2.11. The molecule has 0 radical (unpaired) electrons. The van der Waals surface area contributed by atoms with E-state index in [9.17, 15) is 14.7 Å². The molecule has 0 aliphatic carbocycles. The van der Waals surface area contributed by atoms with E-state index in [0.717, 1.165) is 0 Å². The van der Waals surface area contributed by atoms with Crippen molar-refractivity contribution in [3.05, 3.63) is 47.5 Å². The van der Waals surface area contributed by atoms with Crippen molar-refractivity contribution in [2.24, 2.45) is 0 Å². The highest BCUT2D eigenvalue weighted by molar-refractivity contribution is 6.00. The van der Waals surface area contributed by atoms with E-state index in [2.05, 4.69) is 0 Å². The normalized spacial score (nSPS) is 10.0. The topological polar surface area (TPSA) is 91.3 Å². The summed E-state index contributed by atoms with van der Waals surface area (Å²) < 4.78 is 20.1. The summed E-state index contributed by atoms with van der Waals surface area (Å²) in [6, 6.07) is 8.78. The van der Waals surface area contributed by atoms with Gasteiger partial charge in [0.25, 0.3) is 0 Å². The fourth-order valence-corrected chi connectivity index (χ4v) is 2.11. The standard InChI is InChI=1S/C18H18O7/c1-22-12-5-6-13(14(19)9-12)18(21)25-10-15(20)11-4-7-16(23-2)17(8-11)24-3/h4-9,19H,10H2,1-3H3. The molecular weight excluding hydrogens is 328 g/mol. The van der Waals surface area contributed by atoms with Crippen LogP contribution in [0.1, 0.15) is 20.7 Å². The van der Waals surface area contributed by atoms with Crippen molar-refractivity contribution in [1.29, 1.82) is 0 Å². The summed E-state index contributed by atoms with van der Waals surface area (Å²) in [7, 11) is 4.38. The Labute approximate surface area is 144 Å². The van der Waals surface area contributed by atoms with E-state index in [4.69, 9.17) is 18.9 Å². The number of ketones is 1. The van der Waals surface area contributed by atoms with Crippen LogP contribution >= 0.6 is 0 Å². The summed E-state index contributed by atoms with van der Waals surface area (Å²) in [4.78, 5) is 24.2. The Balaban J connectivity index is 2.05.